The third-order valence-corrected chi connectivity index (χ3v) is 4.76. The molecule has 1 aromatic rings. The van der Waals surface area contributed by atoms with E-state index in [2.05, 4.69) is 5.32 Å². The largest absolute Gasteiger partial charge is 0.480 e. The van der Waals surface area contributed by atoms with Crippen LogP contribution in [0, 0.1) is 0 Å². The third kappa shape index (κ3) is 3.40. The first-order valence-electron chi connectivity index (χ1n) is 5.90. The monoisotopic (exact) mass is 285 g/mol. The van der Waals surface area contributed by atoms with Crippen LogP contribution < -0.4 is 5.32 Å². The number of carboxylic acid groups (broad SMARTS) is 1. The van der Waals surface area contributed by atoms with E-state index >= 15 is 0 Å². The Kier molecular flexibility index (Phi) is 4.20. The van der Waals surface area contributed by atoms with Crippen molar-refractivity contribution < 1.29 is 9.90 Å². The highest BCUT2D eigenvalue weighted by Crippen LogP contribution is 2.31. The molecule has 1 aromatic carbocycles. The molecule has 1 fully saturated rings. The van der Waals surface area contributed by atoms with Crippen molar-refractivity contribution in [3.63, 3.8) is 0 Å². The van der Waals surface area contributed by atoms with Gasteiger partial charge in [0.25, 0.3) is 0 Å². The fourth-order valence-corrected chi connectivity index (χ4v) is 2.96. The Hall–Kier alpha value is -0.710. The van der Waals surface area contributed by atoms with Crippen molar-refractivity contribution in [1.82, 2.24) is 5.32 Å². The zero-order valence-corrected chi connectivity index (χ0v) is 11.7. The van der Waals surface area contributed by atoms with Gasteiger partial charge in [-0.05, 0) is 31.9 Å². The van der Waals surface area contributed by atoms with E-state index < -0.39 is 11.5 Å². The molecule has 0 amide bonds. The molecule has 2 rings (SSSR count). The molecule has 0 aromatic heterocycles. The van der Waals surface area contributed by atoms with E-state index in [1.807, 2.05) is 24.3 Å². The van der Waals surface area contributed by atoms with E-state index in [1.165, 1.54) is 11.8 Å². The van der Waals surface area contributed by atoms with Crippen LogP contribution in [0.3, 0.4) is 0 Å². The van der Waals surface area contributed by atoms with Crippen LogP contribution in [0.1, 0.15) is 19.8 Å². The lowest BCUT2D eigenvalue weighted by molar-refractivity contribution is -0.143. The van der Waals surface area contributed by atoms with Crippen molar-refractivity contribution in [3.05, 3.63) is 29.3 Å². The van der Waals surface area contributed by atoms with Gasteiger partial charge in [0.1, 0.15) is 5.54 Å². The van der Waals surface area contributed by atoms with Crippen molar-refractivity contribution in [2.45, 2.75) is 36.2 Å². The molecule has 5 heteroatoms. The lowest BCUT2D eigenvalue weighted by atomic mass is 10.1. The van der Waals surface area contributed by atoms with Crippen molar-refractivity contribution in [1.29, 1.82) is 0 Å². The molecule has 1 unspecified atom stereocenters. The molecule has 0 radical (unpaired) electrons. The van der Waals surface area contributed by atoms with Gasteiger partial charge in [0.15, 0.2) is 0 Å². The lowest BCUT2D eigenvalue weighted by Gasteiger charge is -2.26. The molecule has 0 saturated heterocycles. The van der Waals surface area contributed by atoms with E-state index in [0.29, 0.717) is 16.8 Å². The van der Waals surface area contributed by atoms with Crippen molar-refractivity contribution >= 4 is 29.3 Å². The second-order valence-electron chi connectivity index (χ2n) is 4.77. The maximum absolute atomic E-state index is 11.4. The molecular formula is C13H16ClNO2S. The molecule has 0 bridgehead atoms. The molecular weight excluding hydrogens is 270 g/mol. The number of thioether (sulfide) groups is 1. The molecule has 0 aliphatic heterocycles. The molecule has 98 valence electrons. The summed E-state index contributed by atoms with van der Waals surface area (Å²) in [5.41, 5.74) is -0.898. The number of benzene rings is 1. The Balaban J connectivity index is 2.01. The fraction of sp³-hybridized carbons (Fsp3) is 0.462. The molecule has 1 saturated carbocycles. The number of aliphatic carboxylic acids is 1. The first-order valence-corrected chi connectivity index (χ1v) is 7.26. The molecule has 2 N–H and O–H groups in total. The fourth-order valence-electron chi connectivity index (χ4n) is 1.63. The van der Waals surface area contributed by atoms with Crippen LogP contribution in [-0.2, 0) is 4.79 Å². The summed E-state index contributed by atoms with van der Waals surface area (Å²) in [6.45, 7) is 1.73. The molecule has 1 aliphatic rings. The molecule has 0 heterocycles. The first kappa shape index (κ1) is 13.7. The second-order valence-corrected chi connectivity index (χ2v) is 6.20. The van der Waals surface area contributed by atoms with Gasteiger partial charge >= 0.3 is 5.97 Å². The standard InChI is InChI=1S/C13H16ClNO2S/c1-13(12(16)17,15-9-6-7-9)8-18-11-5-3-2-4-10(11)14/h2-5,9,15H,6-8H2,1H3,(H,16,17). The summed E-state index contributed by atoms with van der Waals surface area (Å²) < 4.78 is 0. The second kappa shape index (κ2) is 5.51. The number of hydrogen-bond donors (Lipinski definition) is 2. The summed E-state index contributed by atoms with van der Waals surface area (Å²) in [6.07, 6.45) is 2.14. The lowest BCUT2D eigenvalue weighted by Crippen LogP contribution is -2.52. The van der Waals surface area contributed by atoms with Crippen LogP contribution >= 0.6 is 23.4 Å². The van der Waals surface area contributed by atoms with Crippen LogP contribution in [0.25, 0.3) is 0 Å². The van der Waals surface area contributed by atoms with Gasteiger partial charge in [0.05, 0.1) is 5.02 Å². The maximum Gasteiger partial charge on any atom is 0.324 e. The number of carboxylic acids is 1. The van der Waals surface area contributed by atoms with Crippen LogP contribution in [0.15, 0.2) is 29.2 Å². The van der Waals surface area contributed by atoms with Crippen LogP contribution in [-0.4, -0.2) is 28.4 Å². The summed E-state index contributed by atoms with van der Waals surface area (Å²) in [5.74, 6) is -0.350. The first-order chi connectivity index (χ1) is 8.51. The molecule has 3 nitrogen and oxygen atoms in total. The molecule has 18 heavy (non-hydrogen) atoms. The van der Waals surface area contributed by atoms with Gasteiger partial charge in [-0.3, -0.25) is 10.1 Å². The highest BCUT2D eigenvalue weighted by molar-refractivity contribution is 7.99. The van der Waals surface area contributed by atoms with E-state index in [1.54, 1.807) is 6.92 Å². The highest BCUT2D eigenvalue weighted by atomic mass is 35.5. The van der Waals surface area contributed by atoms with E-state index in [0.717, 1.165) is 17.7 Å². The van der Waals surface area contributed by atoms with Crippen LogP contribution in [0.2, 0.25) is 5.02 Å². The predicted molar refractivity (Wildman–Crippen MR) is 74.4 cm³/mol. The molecule has 0 spiro atoms. The van der Waals surface area contributed by atoms with Gasteiger partial charge in [-0.2, -0.15) is 0 Å². The number of rotatable bonds is 6. The Morgan fingerprint density at radius 2 is 2.22 bits per heavy atom. The number of halogens is 1. The van der Waals surface area contributed by atoms with Gasteiger partial charge in [-0.15, -0.1) is 11.8 Å². The quantitative estimate of drug-likeness (QED) is 0.789. The predicted octanol–water partition coefficient (Wildman–Crippen LogP) is 3.03. The van der Waals surface area contributed by atoms with Crippen molar-refractivity contribution in [3.8, 4) is 0 Å². The summed E-state index contributed by atoms with van der Waals surface area (Å²) in [7, 11) is 0. The van der Waals surface area contributed by atoms with Crippen molar-refractivity contribution in [2.24, 2.45) is 0 Å². The summed E-state index contributed by atoms with van der Waals surface area (Å²) in [6, 6.07) is 7.85. The van der Waals surface area contributed by atoms with Gasteiger partial charge < -0.3 is 5.11 Å². The third-order valence-electron chi connectivity index (χ3n) is 2.93. The zero-order chi connectivity index (χ0) is 13.2. The zero-order valence-electron chi connectivity index (χ0n) is 10.1. The Bertz CT molecular complexity index is 450. The number of nitrogens with one attached hydrogen (secondary N) is 1. The van der Waals surface area contributed by atoms with Crippen LogP contribution in [0.5, 0.6) is 0 Å². The minimum Gasteiger partial charge on any atom is -0.480 e. The average Bonchev–Trinajstić information content (AvgIpc) is 3.11. The number of carbonyl (C=O) groups is 1. The minimum atomic E-state index is -0.898. The maximum atomic E-state index is 11.4. The molecule has 1 aliphatic carbocycles. The summed E-state index contributed by atoms with van der Waals surface area (Å²) >= 11 is 7.54. The Labute approximate surface area is 116 Å². The Morgan fingerprint density at radius 1 is 1.56 bits per heavy atom. The highest BCUT2D eigenvalue weighted by Gasteiger charge is 2.38. The van der Waals surface area contributed by atoms with Crippen LogP contribution in [0.4, 0.5) is 0 Å². The SMILES string of the molecule is CC(CSc1ccccc1Cl)(NC1CC1)C(=O)O. The average molecular weight is 286 g/mol. The van der Waals surface area contributed by atoms with Crippen molar-refractivity contribution in [2.75, 3.05) is 5.75 Å². The van der Waals surface area contributed by atoms with Gasteiger partial charge in [-0.1, -0.05) is 23.7 Å². The van der Waals surface area contributed by atoms with Gasteiger partial charge in [0.2, 0.25) is 0 Å². The molecule has 1 atom stereocenters. The summed E-state index contributed by atoms with van der Waals surface area (Å²) in [4.78, 5) is 12.3. The minimum absolute atomic E-state index is 0.359. The Morgan fingerprint density at radius 3 is 2.78 bits per heavy atom. The topological polar surface area (TPSA) is 49.3 Å². The number of hydrogen-bond acceptors (Lipinski definition) is 3. The van der Waals surface area contributed by atoms with Gasteiger partial charge in [0, 0.05) is 16.7 Å². The normalized spacial score (nSPS) is 18.3. The van der Waals surface area contributed by atoms with E-state index in [4.69, 9.17) is 11.6 Å². The van der Waals surface area contributed by atoms with E-state index in [9.17, 15) is 9.90 Å². The summed E-state index contributed by atoms with van der Waals surface area (Å²) in [5, 5.41) is 13.2. The smallest absolute Gasteiger partial charge is 0.324 e. The van der Waals surface area contributed by atoms with E-state index in [-0.39, 0.29) is 0 Å². The van der Waals surface area contributed by atoms with Gasteiger partial charge in [-0.25, -0.2) is 0 Å².